The number of rotatable bonds is 4. The summed E-state index contributed by atoms with van der Waals surface area (Å²) in [6.45, 7) is -0.0809. The molecule has 1 aromatic carbocycles. The van der Waals surface area contributed by atoms with E-state index >= 15 is 0 Å². The second-order valence-electron chi connectivity index (χ2n) is 3.97. The SMILES string of the molecule is Cl.NC(CO)Cc1cccn1-c1ccccc1F. The van der Waals surface area contributed by atoms with Gasteiger partial charge in [0.05, 0.1) is 12.3 Å². The molecule has 18 heavy (non-hydrogen) atoms. The van der Waals surface area contributed by atoms with Crippen molar-refractivity contribution < 1.29 is 9.50 Å². The maximum Gasteiger partial charge on any atom is 0.147 e. The monoisotopic (exact) mass is 270 g/mol. The van der Waals surface area contributed by atoms with Crippen molar-refractivity contribution in [3.63, 3.8) is 0 Å². The summed E-state index contributed by atoms with van der Waals surface area (Å²) in [5.41, 5.74) is 7.08. The molecule has 5 heteroatoms. The van der Waals surface area contributed by atoms with Crippen molar-refractivity contribution in [2.45, 2.75) is 12.5 Å². The number of para-hydroxylation sites is 1. The fourth-order valence-corrected chi connectivity index (χ4v) is 1.80. The molecule has 1 atom stereocenters. The molecule has 0 bridgehead atoms. The van der Waals surface area contributed by atoms with Gasteiger partial charge in [0.1, 0.15) is 5.82 Å². The second kappa shape index (κ2) is 6.54. The van der Waals surface area contributed by atoms with Crippen LogP contribution >= 0.6 is 12.4 Å². The fourth-order valence-electron chi connectivity index (χ4n) is 1.80. The Morgan fingerprint density at radius 2 is 1.94 bits per heavy atom. The number of nitrogens with zero attached hydrogens (tertiary/aromatic N) is 1. The Balaban J connectivity index is 0.00000162. The number of aliphatic hydroxyl groups excluding tert-OH is 1. The topological polar surface area (TPSA) is 51.2 Å². The van der Waals surface area contributed by atoms with Crippen LogP contribution in [0.25, 0.3) is 5.69 Å². The van der Waals surface area contributed by atoms with Crippen LogP contribution in [0.4, 0.5) is 4.39 Å². The van der Waals surface area contributed by atoms with E-state index in [0.29, 0.717) is 12.1 Å². The zero-order valence-electron chi connectivity index (χ0n) is 9.79. The summed E-state index contributed by atoms with van der Waals surface area (Å²) in [6, 6.07) is 9.97. The summed E-state index contributed by atoms with van der Waals surface area (Å²) < 4.78 is 15.4. The van der Waals surface area contributed by atoms with Gasteiger partial charge in [-0.25, -0.2) is 4.39 Å². The lowest BCUT2D eigenvalue weighted by Gasteiger charge is -2.12. The number of aromatic nitrogens is 1. The molecule has 3 N–H and O–H groups in total. The molecular weight excluding hydrogens is 255 g/mol. The summed E-state index contributed by atoms with van der Waals surface area (Å²) in [5, 5.41) is 8.94. The molecule has 0 saturated carbocycles. The Bertz CT molecular complexity index is 501. The zero-order valence-corrected chi connectivity index (χ0v) is 10.6. The van der Waals surface area contributed by atoms with E-state index in [0.717, 1.165) is 5.69 Å². The molecule has 0 aliphatic heterocycles. The molecule has 2 aromatic rings. The Labute approximate surface area is 111 Å². The van der Waals surface area contributed by atoms with Gasteiger partial charge in [0.25, 0.3) is 0 Å². The number of benzene rings is 1. The van der Waals surface area contributed by atoms with E-state index in [2.05, 4.69) is 0 Å². The average molecular weight is 271 g/mol. The fraction of sp³-hybridized carbons (Fsp3) is 0.231. The predicted octanol–water partition coefficient (Wildman–Crippen LogP) is 1.90. The van der Waals surface area contributed by atoms with Crippen molar-refractivity contribution in [3.8, 4) is 5.69 Å². The van der Waals surface area contributed by atoms with Gasteiger partial charge < -0.3 is 15.4 Å². The van der Waals surface area contributed by atoms with Crippen LogP contribution in [0.2, 0.25) is 0 Å². The Morgan fingerprint density at radius 1 is 1.22 bits per heavy atom. The highest BCUT2D eigenvalue weighted by Crippen LogP contribution is 2.17. The highest BCUT2D eigenvalue weighted by molar-refractivity contribution is 5.85. The minimum absolute atomic E-state index is 0. The lowest BCUT2D eigenvalue weighted by molar-refractivity contribution is 0.264. The van der Waals surface area contributed by atoms with Crippen molar-refractivity contribution in [1.82, 2.24) is 4.57 Å². The van der Waals surface area contributed by atoms with Gasteiger partial charge in [0.15, 0.2) is 0 Å². The van der Waals surface area contributed by atoms with Crippen LogP contribution in [0.3, 0.4) is 0 Å². The van der Waals surface area contributed by atoms with Gasteiger partial charge in [-0.1, -0.05) is 12.1 Å². The van der Waals surface area contributed by atoms with Gasteiger partial charge in [-0.15, -0.1) is 12.4 Å². The Kier molecular flexibility index (Phi) is 5.34. The molecule has 0 fully saturated rings. The van der Waals surface area contributed by atoms with Gasteiger partial charge in [-0.05, 0) is 24.3 Å². The predicted molar refractivity (Wildman–Crippen MR) is 71.7 cm³/mol. The molecular formula is C13H16ClFN2O. The van der Waals surface area contributed by atoms with Crippen molar-refractivity contribution in [3.05, 3.63) is 54.1 Å². The van der Waals surface area contributed by atoms with Crippen molar-refractivity contribution >= 4 is 12.4 Å². The van der Waals surface area contributed by atoms with Crippen LogP contribution in [-0.4, -0.2) is 22.3 Å². The Hall–Kier alpha value is -1.36. The molecule has 1 unspecified atom stereocenters. The third kappa shape index (κ3) is 3.10. The molecule has 98 valence electrons. The van der Waals surface area contributed by atoms with Crippen molar-refractivity contribution in [2.75, 3.05) is 6.61 Å². The number of aliphatic hydroxyl groups is 1. The van der Waals surface area contributed by atoms with E-state index < -0.39 is 0 Å². The first-order valence-corrected chi connectivity index (χ1v) is 5.50. The van der Waals surface area contributed by atoms with Gasteiger partial charge in [0, 0.05) is 24.4 Å². The molecule has 0 amide bonds. The Morgan fingerprint density at radius 3 is 2.61 bits per heavy atom. The largest absolute Gasteiger partial charge is 0.395 e. The lowest BCUT2D eigenvalue weighted by atomic mass is 10.2. The van der Waals surface area contributed by atoms with Crippen LogP contribution in [0, 0.1) is 5.82 Å². The van der Waals surface area contributed by atoms with Gasteiger partial charge in [-0.2, -0.15) is 0 Å². The maximum absolute atomic E-state index is 13.7. The first-order valence-electron chi connectivity index (χ1n) is 5.50. The van der Waals surface area contributed by atoms with E-state index in [4.69, 9.17) is 10.8 Å². The normalized spacial score (nSPS) is 11.9. The van der Waals surface area contributed by atoms with Crippen LogP contribution in [-0.2, 0) is 6.42 Å². The highest BCUT2D eigenvalue weighted by atomic mass is 35.5. The maximum atomic E-state index is 13.7. The second-order valence-corrected chi connectivity index (χ2v) is 3.97. The third-order valence-electron chi connectivity index (χ3n) is 2.65. The summed E-state index contributed by atoms with van der Waals surface area (Å²) >= 11 is 0. The van der Waals surface area contributed by atoms with E-state index in [1.807, 2.05) is 12.1 Å². The van der Waals surface area contributed by atoms with Crippen LogP contribution in [0.1, 0.15) is 5.69 Å². The van der Waals surface area contributed by atoms with E-state index in [9.17, 15) is 4.39 Å². The lowest BCUT2D eigenvalue weighted by Crippen LogP contribution is -2.27. The smallest absolute Gasteiger partial charge is 0.147 e. The van der Waals surface area contributed by atoms with Crippen molar-refractivity contribution in [1.29, 1.82) is 0 Å². The van der Waals surface area contributed by atoms with E-state index in [-0.39, 0.29) is 30.9 Å². The van der Waals surface area contributed by atoms with Gasteiger partial charge in [0.2, 0.25) is 0 Å². The first-order chi connectivity index (χ1) is 8.22. The van der Waals surface area contributed by atoms with Crippen LogP contribution in [0.5, 0.6) is 0 Å². The summed E-state index contributed by atoms with van der Waals surface area (Å²) in [7, 11) is 0. The standard InChI is InChI=1S/C13H15FN2O.ClH/c14-12-5-1-2-6-13(12)16-7-3-4-11(16)8-10(15)9-17;/h1-7,10,17H,8-9,15H2;1H. The third-order valence-corrected chi connectivity index (χ3v) is 2.65. The molecule has 1 heterocycles. The molecule has 2 rings (SSSR count). The molecule has 0 aliphatic carbocycles. The molecule has 0 saturated heterocycles. The number of hydrogen-bond donors (Lipinski definition) is 2. The van der Waals surface area contributed by atoms with Gasteiger partial charge >= 0.3 is 0 Å². The quantitative estimate of drug-likeness (QED) is 0.892. The summed E-state index contributed by atoms with van der Waals surface area (Å²) in [6.07, 6.45) is 2.30. The number of halogens is 2. The highest BCUT2D eigenvalue weighted by Gasteiger charge is 2.10. The molecule has 0 spiro atoms. The molecule has 3 nitrogen and oxygen atoms in total. The summed E-state index contributed by atoms with van der Waals surface area (Å²) in [5.74, 6) is -0.275. The molecule has 0 radical (unpaired) electrons. The average Bonchev–Trinajstić information content (AvgIpc) is 2.77. The molecule has 1 aromatic heterocycles. The van der Waals surface area contributed by atoms with Crippen molar-refractivity contribution in [2.24, 2.45) is 5.73 Å². The minimum Gasteiger partial charge on any atom is -0.395 e. The van der Waals surface area contributed by atoms with E-state index in [1.165, 1.54) is 6.07 Å². The van der Waals surface area contributed by atoms with Crippen LogP contribution < -0.4 is 5.73 Å². The van der Waals surface area contributed by atoms with E-state index in [1.54, 1.807) is 29.0 Å². The summed E-state index contributed by atoms with van der Waals surface area (Å²) in [4.78, 5) is 0. The minimum atomic E-state index is -0.324. The zero-order chi connectivity index (χ0) is 12.3. The van der Waals surface area contributed by atoms with Gasteiger partial charge in [-0.3, -0.25) is 0 Å². The number of hydrogen-bond acceptors (Lipinski definition) is 2. The first kappa shape index (κ1) is 14.7. The molecule has 0 aliphatic rings. The number of nitrogens with two attached hydrogens (primary N) is 1. The van der Waals surface area contributed by atoms with Crippen LogP contribution in [0.15, 0.2) is 42.6 Å².